The number of benzene rings is 2. The zero-order valence-electron chi connectivity index (χ0n) is 10.1. The van der Waals surface area contributed by atoms with E-state index in [1.54, 1.807) is 23.5 Å². The van der Waals surface area contributed by atoms with Crippen LogP contribution >= 0.6 is 11.3 Å². The van der Waals surface area contributed by atoms with Gasteiger partial charge >= 0.3 is 0 Å². The van der Waals surface area contributed by atoms with E-state index in [1.165, 1.54) is 6.07 Å². The van der Waals surface area contributed by atoms with Gasteiger partial charge in [0, 0.05) is 26.8 Å². The average molecular weight is 270 g/mol. The van der Waals surface area contributed by atoms with Crippen LogP contribution in [0.3, 0.4) is 0 Å². The molecule has 0 radical (unpaired) electrons. The van der Waals surface area contributed by atoms with E-state index < -0.39 is 0 Å². The van der Waals surface area contributed by atoms with E-state index in [0.29, 0.717) is 11.1 Å². The summed E-state index contributed by atoms with van der Waals surface area (Å²) in [6, 6.07) is 12.3. The highest BCUT2D eigenvalue weighted by atomic mass is 32.1. The third kappa shape index (κ3) is 2.02. The molecule has 19 heavy (non-hydrogen) atoms. The summed E-state index contributed by atoms with van der Waals surface area (Å²) in [6.07, 6.45) is 0. The Kier molecular flexibility index (Phi) is 2.84. The summed E-state index contributed by atoms with van der Waals surface area (Å²) in [5.74, 6) is -0.219. The Morgan fingerprint density at radius 1 is 1.11 bits per heavy atom. The van der Waals surface area contributed by atoms with Crippen LogP contribution in [-0.2, 0) is 0 Å². The Hall–Kier alpha value is -2.13. The maximum Gasteiger partial charge on any atom is 0.131 e. The average Bonchev–Trinajstić information content (AvgIpc) is 2.82. The van der Waals surface area contributed by atoms with Gasteiger partial charge in [0.2, 0.25) is 0 Å². The van der Waals surface area contributed by atoms with Gasteiger partial charge < -0.3 is 5.11 Å². The second kappa shape index (κ2) is 4.52. The lowest BCUT2D eigenvalue weighted by Crippen LogP contribution is -1.83. The molecule has 3 heteroatoms. The van der Waals surface area contributed by atoms with Crippen molar-refractivity contribution in [1.82, 2.24) is 0 Å². The molecule has 94 valence electrons. The highest BCUT2D eigenvalue weighted by Gasteiger charge is 2.11. The minimum Gasteiger partial charge on any atom is -0.508 e. The molecule has 3 aromatic rings. The Balaban J connectivity index is 2.27. The zero-order chi connectivity index (χ0) is 13.4. The molecule has 0 unspecified atom stereocenters. The van der Waals surface area contributed by atoms with Crippen molar-refractivity contribution in [3.8, 4) is 11.1 Å². The van der Waals surface area contributed by atoms with Gasteiger partial charge in [0.05, 0.1) is 0 Å². The van der Waals surface area contributed by atoms with Gasteiger partial charge in [-0.25, -0.2) is 4.39 Å². The fourth-order valence-corrected chi connectivity index (χ4v) is 3.04. The van der Waals surface area contributed by atoms with Crippen LogP contribution in [0.2, 0.25) is 0 Å². The number of fused-ring (bicyclic) bond motifs is 1. The lowest BCUT2D eigenvalue weighted by atomic mass is 10.0. The molecule has 0 saturated heterocycles. The van der Waals surface area contributed by atoms with Crippen molar-refractivity contribution >= 4 is 27.2 Å². The summed E-state index contributed by atoms with van der Waals surface area (Å²) >= 11 is 1.56. The summed E-state index contributed by atoms with van der Waals surface area (Å²) < 4.78 is 14.9. The van der Waals surface area contributed by atoms with Crippen LogP contribution in [0.4, 0.5) is 4.39 Å². The highest BCUT2D eigenvalue weighted by molar-refractivity contribution is 7.17. The molecular weight excluding hydrogens is 259 g/mol. The SMILES string of the molecule is C=C(O)c1ccc2scc(-c3ccccc3F)c2c1. The number of hydrogen-bond acceptors (Lipinski definition) is 2. The fourth-order valence-electron chi connectivity index (χ4n) is 2.10. The normalized spacial score (nSPS) is 10.8. The van der Waals surface area contributed by atoms with Crippen LogP contribution < -0.4 is 0 Å². The van der Waals surface area contributed by atoms with E-state index >= 15 is 0 Å². The second-order valence-electron chi connectivity index (χ2n) is 4.29. The molecule has 0 aliphatic rings. The van der Waals surface area contributed by atoms with Gasteiger partial charge in [0.25, 0.3) is 0 Å². The van der Waals surface area contributed by atoms with Crippen molar-refractivity contribution in [2.75, 3.05) is 0 Å². The molecule has 0 fully saturated rings. The van der Waals surface area contributed by atoms with Crippen LogP contribution in [0.15, 0.2) is 54.4 Å². The molecule has 0 spiro atoms. The summed E-state index contributed by atoms with van der Waals surface area (Å²) in [4.78, 5) is 0. The predicted molar refractivity (Wildman–Crippen MR) is 78.9 cm³/mol. The minimum atomic E-state index is -0.240. The maximum absolute atomic E-state index is 13.9. The summed E-state index contributed by atoms with van der Waals surface area (Å²) in [6.45, 7) is 3.52. The number of aliphatic hydroxyl groups is 1. The van der Waals surface area contributed by atoms with Gasteiger partial charge in [0.1, 0.15) is 11.6 Å². The zero-order valence-corrected chi connectivity index (χ0v) is 10.9. The molecule has 1 nitrogen and oxygen atoms in total. The third-order valence-electron chi connectivity index (χ3n) is 3.07. The first-order valence-corrected chi connectivity index (χ1v) is 6.69. The molecular formula is C16H11FOS. The van der Waals surface area contributed by atoms with Gasteiger partial charge in [-0.2, -0.15) is 0 Å². The van der Waals surface area contributed by atoms with E-state index in [1.807, 2.05) is 29.6 Å². The summed E-state index contributed by atoms with van der Waals surface area (Å²) in [7, 11) is 0. The van der Waals surface area contributed by atoms with E-state index in [2.05, 4.69) is 6.58 Å². The molecule has 0 aliphatic carbocycles. The van der Waals surface area contributed by atoms with Crippen molar-refractivity contribution in [3.63, 3.8) is 0 Å². The van der Waals surface area contributed by atoms with Crippen LogP contribution in [0.25, 0.3) is 27.0 Å². The smallest absolute Gasteiger partial charge is 0.131 e. The second-order valence-corrected chi connectivity index (χ2v) is 5.20. The van der Waals surface area contributed by atoms with Crippen molar-refractivity contribution in [1.29, 1.82) is 0 Å². The molecule has 2 aromatic carbocycles. The third-order valence-corrected chi connectivity index (χ3v) is 4.03. The number of hydrogen-bond donors (Lipinski definition) is 1. The Morgan fingerprint density at radius 3 is 2.63 bits per heavy atom. The monoisotopic (exact) mass is 270 g/mol. The van der Waals surface area contributed by atoms with Crippen LogP contribution in [0, 0.1) is 5.82 Å². The van der Waals surface area contributed by atoms with Crippen LogP contribution in [-0.4, -0.2) is 5.11 Å². The van der Waals surface area contributed by atoms with Gasteiger partial charge in [-0.3, -0.25) is 0 Å². The van der Waals surface area contributed by atoms with E-state index in [4.69, 9.17) is 0 Å². The lowest BCUT2D eigenvalue weighted by molar-refractivity contribution is 0.514. The standard InChI is InChI=1S/C16H11FOS/c1-10(18)11-6-7-16-13(8-11)14(9-19-16)12-4-2-3-5-15(12)17/h2-9,18H,1H2. The molecule has 1 N–H and O–H groups in total. The largest absolute Gasteiger partial charge is 0.508 e. The van der Waals surface area contributed by atoms with E-state index in [-0.39, 0.29) is 11.6 Å². The van der Waals surface area contributed by atoms with Crippen LogP contribution in [0.1, 0.15) is 5.56 Å². The Bertz CT molecular complexity index is 773. The number of halogens is 1. The number of aliphatic hydroxyl groups excluding tert-OH is 1. The van der Waals surface area contributed by atoms with Gasteiger partial charge in [-0.15, -0.1) is 11.3 Å². The molecule has 3 rings (SSSR count). The molecule has 0 bridgehead atoms. The van der Waals surface area contributed by atoms with Gasteiger partial charge in [-0.1, -0.05) is 24.8 Å². The highest BCUT2D eigenvalue weighted by Crippen LogP contribution is 2.36. The van der Waals surface area contributed by atoms with Crippen molar-refractivity contribution in [2.24, 2.45) is 0 Å². The fraction of sp³-hybridized carbons (Fsp3) is 0. The van der Waals surface area contributed by atoms with Gasteiger partial charge in [-0.05, 0) is 29.6 Å². The summed E-state index contributed by atoms with van der Waals surface area (Å²) in [5, 5.41) is 12.3. The molecule has 0 saturated carbocycles. The van der Waals surface area contributed by atoms with E-state index in [0.717, 1.165) is 15.6 Å². The molecule has 0 aliphatic heterocycles. The number of rotatable bonds is 2. The van der Waals surface area contributed by atoms with E-state index in [9.17, 15) is 9.50 Å². The first kappa shape index (κ1) is 11.9. The quantitative estimate of drug-likeness (QED) is 0.632. The van der Waals surface area contributed by atoms with Gasteiger partial charge in [0.15, 0.2) is 0 Å². The first-order valence-electron chi connectivity index (χ1n) is 5.81. The Labute approximate surface area is 114 Å². The van der Waals surface area contributed by atoms with Crippen molar-refractivity contribution < 1.29 is 9.50 Å². The molecule has 1 aromatic heterocycles. The van der Waals surface area contributed by atoms with Crippen molar-refractivity contribution in [3.05, 3.63) is 65.8 Å². The predicted octanol–water partition coefficient (Wildman–Crippen LogP) is 5.24. The lowest BCUT2D eigenvalue weighted by Gasteiger charge is -2.03. The number of thiophene rings is 1. The van der Waals surface area contributed by atoms with Crippen molar-refractivity contribution in [2.45, 2.75) is 0 Å². The topological polar surface area (TPSA) is 20.2 Å². The minimum absolute atomic E-state index is 0.0209. The Morgan fingerprint density at radius 2 is 1.89 bits per heavy atom. The molecule has 1 heterocycles. The molecule has 0 amide bonds. The molecule has 0 atom stereocenters. The van der Waals surface area contributed by atoms with Crippen LogP contribution in [0.5, 0.6) is 0 Å². The first-order chi connectivity index (χ1) is 9.16. The maximum atomic E-state index is 13.9. The summed E-state index contributed by atoms with van der Waals surface area (Å²) in [5.41, 5.74) is 2.08.